The fraction of sp³-hybridized carbons (Fsp3) is 0.190. The second-order valence-corrected chi connectivity index (χ2v) is 5.91. The van der Waals surface area contributed by atoms with Gasteiger partial charge in [-0.15, -0.1) is 0 Å². The predicted octanol–water partition coefficient (Wildman–Crippen LogP) is 5.45. The van der Waals surface area contributed by atoms with Gasteiger partial charge in [0.1, 0.15) is 5.75 Å². The monoisotopic (exact) mass is 417 g/mol. The average molecular weight is 417 g/mol. The molecule has 0 aliphatic carbocycles. The number of aliphatic imine (C=N–C) groups is 1. The molecule has 156 valence electrons. The fourth-order valence-electron chi connectivity index (χ4n) is 2.44. The quantitative estimate of drug-likeness (QED) is 0.479. The van der Waals surface area contributed by atoms with Gasteiger partial charge in [0.25, 0.3) is 0 Å². The van der Waals surface area contributed by atoms with Crippen LogP contribution < -0.4 is 14.2 Å². The van der Waals surface area contributed by atoms with E-state index in [1.165, 1.54) is 31.5 Å². The van der Waals surface area contributed by atoms with Gasteiger partial charge in [-0.2, -0.15) is 23.1 Å². The zero-order valence-electron chi connectivity index (χ0n) is 16.2. The molecule has 0 spiro atoms. The summed E-state index contributed by atoms with van der Waals surface area (Å²) < 4.78 is 54.9. The lowest BCUT2D eigenvalue weighted by molar-refractivity contribution is -0.137. The zero-order chi connectivity index (χ0) is 21.6. The largest absolute Gasteiger partial charge is 0.481 e. The van der Waals surface area contributed by atoms with Crippen LogP contribution in [0.25, 0.3) is 0 Å². The van der Waals surface area contributed by atoms with Gasteiger partial charge in [-0.05, 0) is 37.3 Å². The minimum atomic E-state index is -4.44. The van der Waals surface area contributed by atoms with E-state index in [2.05, 4.69) is 15.0 Å². The summed E-state index contributed by atoms with van der Waals surface area (Å²) in [4.78, 5) is 12.4. The molecule has 0 N–H and O–H groups in total. The van der Waals surface area contributed by atoms with E-state index in [1.807, 2.05) is 6.92 Å². The van der Waals surface area contributed by atoms with Crippen molar-refractivity contribution >= 4 is 11.9 Å². The molecule has 30 heavy (non-hydrogen) atoms. The van der Waals surface area contributed by atoms with E-state index >= 15 is 0 Å². The van der Waals surface area contributed by atoms with Gasteiger partial charge >= 0.3 is 12.2 Å². The lowest BCUT2D eigenvalue weighted by atomic mass is 10.2. The number of para-hydroxylation sites is 1. The summed E-state index contributed by atoms with van der Waals surface area (Å²) in [5.74, 6) is 0.914. The van der Waals surface area contributed by atoms with E-state index in [1.54, 1.807) is 24.3 Å². The number of alkyl halides is 3. The SMILES string of the molecule is CCOc1cc(OC)nc(Oc2ccccc2C=Nc2cccc(C(F)(F)F)c2)n1. The van der Waals surface area contributed by atoms with Crippen LogP contribution in [0.5, 0.6) is 23.5 Å². The van der Waals surface area contributed by atoms with Crippen LogP contribution in [-0.2, 0) is 6.18 Å². The van der Waals surface area contributed by atoms with E-state index in [9.17, 15) is 13.2 Å². The first-order valence-electron chi connectivity index (χ1n) is 8.93. The van der Waals surface area contributed by atoms with Crippen molar-refractivity contribution in [3.8, 4) is 23.5 Å². The van der Waals surface area contributed by atoms with Crippen molar-refractivity contribution in [2.75, 3.05) is 13.7 Å². The Morgan fingerprint density at radius 1 is 1.00 bits per heavy atom. The van der Waals surface area contributed by atoms with Crippen molar-refractivity contribution < 1.29 is 27.4 Å². The molecule has 1 aromatic heterocycles. The molecule has 0 aliphatic rings. The molecule has 0 bridgehead atoms. The number of benzene rings is 2. The number of nitrogens with zero attached hydrogens (tertiary/aromatic N) is 3. The van der Waals surface area contributed by atoms with Crippen LogP contribution in [0.15, 0.2) is 59.6 Å². The van der Waals surface area contributed by atoms with Gasteiger partial charge in [0, 0.05) is 11.8 Å². The maximum atomic E-state index is 12.9. The lowest BCUT2D eigenvalue weighted by Gasteiger charge is -2.10. The Hall–Kier alpha value is -3.62. The summed E-state index contributed by atoms with van der Waals surface area (Å²) in [7, 11) is 1.46. The Balaban J connectivity index is 1.87. The smallest absolute Gasteiger partial charge is 0.416 e. The van der Waals surface area contributed by atoms with Crippen LogP contribution in [0.3, 0.4) is 0 Å². The normalized spacial score (nSPS) is 11.5. The van der Waals surface area contributed by atoms with Crippen LogP contribution in [0.1, 0.15) is 18.1 Å². The number of hydrogen-bond donors (Lipinski definition) is 0. The predicted molar refractivity (Wildman–Crippen MR) is 105 cm³/mol. The van der Waals surface area contributed by atoms with Crippen LogP contribution >= 0.6 is 0 Å². The standard InChI is InChI=1S/C21H18F3N3O3/c1-3-29-19-12-18(28-2)26-20(27-19)30-17-10-5-4-7-14(17)13-25-16-9-6-8-15(11-16)21(22,23)24/h4-13H,3H2,1-2H3. The summed E-state index contributed by atoms with van der Waals surface area (Å²) >= 11 is 0. The molecular weight excluding hydrogens is 399 g/mol. The third-order valence-electron chi connectivity index (χ3n) is 3.81. The van der Waals surface area contributed by atoms with Crippen LogP contribution in [0, 0.1) is 0 Å². The first kappa shape index (κ1) is 21.1. The molecule has 6 nitrogen and oxygen atoms in total. The van der Waals surface area contributed by atoms with Gasteiger partial charge in [-0.25, -0.2) is 0 Å². The van der Waals surface area contributed by atoms with Crippen LogP contribution in [0.4, 0.5) is 18.9 Å². The molecule has 9 heteroatoms. The van der Waals surface area contributed by atoms with Gasteiger partial charge in [0.05, 0.1) is 31.0 Å². The van der Waals surface area contributed by atoms with Gasteiger partial charge in [0.15, 0.2) is 0 Å². The number of halogens is 3. The molecule has 0 radical (unpaired) electrons. The van der Waals surface area contributed by atoms with E-state index in [-0.39, 0.29) is 23.5 Å². The number of methoxy groups -OCH3 is 1. The number of aromatic nitrogens is 2. The Morgan fingerprint density at radius 3 is 2.50 bits per heavy atom. The molecule has 0 fully saturated rings. The summed E-state index contributed by atoms with van der Waals surface area (Å²) in [5, 5.41) is 0. The first-order valence-corrected chi connectivity index (χ1v) is 8.93. The summed E-state index contributed by atoms with van der Waals surface area (Å²) in [5.41, 5.74) is -0.0786. The number of rotatable bonds is 7. The summed E-state index contributed by atoms with van der Waals surface area (Å²) in [6, 6.07) is 13.1. The molecular formula is C21H18F3N3O3. The molecule has 0 saturated heterocycles. The van der Waals surface area contributed by atoms with Crippen LogP contribution in [-0.4, -0.2) is 29.9 Å². The first-order chi connectivity index (χ1) is 14.4. The maximum Gasteiger partial charge on any atom is 0.416 e. The number of ether oxygens (including phenoxy) is 3. The Kier molecular flexibility index (Phi) is 6.51. The second-order valence-electron chi connectivity index (χ2n) is 5.91. The molecule has 0 unspecified atom stereocenters. The summed E-state index contributed by atoms with van der Waals surface area (Å²) in [6.45, 7) is 2.22. The van der Waals surface area contributed by atoms with Crippen molar-refractivity contribution in [1.29, 1.82) is 0 Å². The Morgan fingerprint density at radius 2 is 1.77 bits per heavy atom. The van der Waals surface area contributed by atoms with Gasteiger partial charge in [-0.3, -0.25) is 4.99 Å². The highest BCUT2D eigenvalue weighted by Crippen LogP contribution is 2.31. The van der Waals surface area contributed by atoms with Crippen LogP contribution in [0.2, 0.25) is 0 Å². The van der Waals surface area contributed by atoms with Crippen molar-refractivity contribution in [3.05, 3.63) is 65.7 Å². The molecule has 3 aromatic rings. The molecule has 0 aliphatic heterocycles. The van der Waals surface area contributed by atoms with Gasteiger partial charge in [-0.1, -0.05) is 18.2 Å². The minimum Gasteiger partial charge on any atom is -0.481 e. The third kappa shape index (κ3) is 5.47. The van der Waals surface area contributed by atoms with Gasteiger partial charge in [0.2, 0.25) is 11.8 Å². The zero-order valence-corrected chi connectivity index (χ0v) is 16.2. The topological polar surface area (TPSA) is 65.8 Å². The van der Waals surface area contributed by atoms with E-state index in [0.29, 0.717) is 17.9 Å². The third-order valence-corrected chi connectivity index (χ3v) is 3.81. The Bertz CT molecular complexity index is 1040. The van der Waals surface area contributed by atoms with Gasteiger partial charge < -0.3 is 14.2 Å². The molecule has 2 aromatic carbocycles. The second kappa shape index (κ2) is 9.25. The van der Waals surface area contributed by atoms with Crippen molar-refractivity contribution in [2.24, 2.45) is 4.99 Å². The summed E-state index contributed by atoms with van der Waals surface area (Å²) in [6.07, 6.45) is -3.02. The molecule has 3 rings (SSSR count). The van der Waals surface area contributed by atoms with E-state index in [0.717, 1.165) is 12.1 Å². The fourth-order valence-corrected chi connectivity index (χ4v) is 2.44. The van der Waals surface area contributed by atoms with Crippen molar-refractivity contribution in [3.63, 3.8) is 0 Å². The minimum absolute atomic E-state index is 0.00211. The maximum absolute atomic E-state index is 12.9. The lowest BCUT2D eigenvalue weighted by Crippen LogP contribution is -2.03. The molecule has 1 heterocycles. The van der Waals surface area contributed by atoms with Crippen molar-refractivity contribution in [2.45, 2.75) is 13.1 Å². The highest BCUT2D eigenvalue weighted by atomic mass is 19.4. The molecule has 0 amide bonds. The van der Waals surface area contributed by atoms with Crippen molar-refractivity contribution in [1.82, 2.24) is 9.97 Å². The Labute approximate surface area is 171 Å². The highest BCUT2D eigenvalue weighted by molar-refractivity contribution is 5.85. The highest BCUT2D eigenvalue weighted by Gasteiger charge is 2.30. The van der Waals surface area contributed by atoms with E-state index in [4.69, 9.17) is 14.2 Å². The van der Waals surface area contributed by atoms with E-state index < -0.39 is 11.7 Å². The number of hydrogen-bond acceptors (Lipinski definition) is 6. The molecule has 0 saturated carbocycles. The molecule has 0 atom stereocenters. The average Bonchev–Trinajstić information content (AvgIpc) is 2.73.